The molecule has 7 nitrogen and oxygen atoms in total. The number of aliphatic hydroxyl groups is 2. The zero-order valence-electron chi connectivity index (χ0n) is 16.2. The van der Waals surface area contributed by atoms with E-state index in [1.54, 1.807) is 30.5 Å². The van der Waals surface area contributed by atoms with Gasteiger partial charge in [-0.1, -0.05) is 40.9 Å². The molecule has 0 aliphatic carbocycles. The summed E-state index contributed by atoms with van der Waals surface area (Å²) in [5.74, 6) is -1.41. The zero-order valence-corrected chi connectivity index (χ0v) is 18.4. The summed E-state index contributed by atoms with van der Waals surface area (Å²) in [6.45, 7) is 3.06. The Balaban J connectivity index is 1.67. The molecule has 0 bridgehead atoms. The average Bonchev–Trinajstić information content (AvgIpc) is 3.27. The molecule has 0 spiro atoms. The molecular weight excluding hydrogens is 453 g/mol. The molecular formula is C20H20Cl3N3O4. The molecule has 10 heteroatoms. The summed E-state index contributed by atoms with van der Waals surface area (Å²) in [5.41, 5.74) is 1.13. The Labute approximate surface area is 188 Å². The number of fused-ring (bicyclic) bond motifs is 1. The van der Waals surface area contributed by atoms with Gasteiger partial charge in [-0.05, 0) is 37.6 Å². The second kappa shape index (κ2) is 8.24. The molecule has 4 rings (SSSR count). The van der Waals surface area contributed by atoms with E-state index >= 15 is 0 Å². The summed E-state index contributed by atoms with van der Waals surface area (Å²) < 4.78 is 13.8. The van der Waals surface area contributed by atoms with Crippen LogP contribution in [0.2, 0.25) is 15.2 Å². The standard InChI is InChI=1S/C20H20Cl3N3O4/c1-20(2,28)30-14-8-15(26-6-5-11-18(23)24-9-25-19(11)26)29-17(14)16(27)10-3-4-12(21)13(22)7-10/h3-7,9,14-17,27-28H,8H2,1-2H3/t14-,15?,16?,17-/m0/s1. The van der Waals surface area contributed by atoms with Gasteiger partial charge in [0.2, 0.25) is 0 Å². The van der Waals surface area contributed by atoms with Gasteiger partial charge in [0.15, 0.2) is 5.79 Å². The summed E-state index contributed by atoms with van der Waals surface area (Å²) in [7, 11) is 0. The molecule has 160 valence electrons. The number of hydrogen-bond donors (Lipinski definition) is 2. The largest absolute Gasteiger partial charge is 0.386 e. The average molecular weight is 473 g/mol. The Bertz CT molecular complexity index is 1070. The highest BCUT2D eigenvalue weighted by atomic mass is 35.5. The van der Waals surface area contributed by atoms with Crippen molar-refractivity contribution in [3.8, 4) is 0 Å². The van der Waals surface area contributed by atoms with Gasteiger partial charge < -0.3 is 24.3 Å². The van der Waals surface area contributed by atoms with Gasteiger partial charge in [-0.15, -0.1) is 0 Å². The van der Waals surface area contributed by atoms with Crippen LogP contribution in [0.3, 0.4) is 0 Å². The Kier molecular flexibility index (Phi) is 5.98. The van der Waals surface area contributed by atoms with E-state index in [1.165, 1.54) is 20.2 Å². The highest BCUT2D eigenvalue weighted by Gasteiger charge is 2.44. The fraction of sp³-hybridized carbons (Fsp3) is 0.400. The van der Waals surface area contributed by atoms with Crippen LogP contribution in [0.1, 0.15) is 38.2 Å². The van der Waals surface area contributed by atoms with Gasteiger partial charge in [-0.25, -0.2) is 9.97 Å². The lowest BCUT2D eigenvalue weighted by atomic mass is 10.00. The zero-order chi connectivity index (χ0) is 21.6. The Morgan fingerprint density at radius 3 is 2.67 bits per heavy atom. The van der Waals surface area contributed by atoms with Crippen LogP contribution in [-0.2, 0) is 9.47 Å². The summed E-state index contributed by atoms with van der Waals surface area (Å²) in [5, 5.41) is 23.0. The monoisotopic (exact) mass is 471 g/mol. The lowest BCUT2D eigenvalue weighted by Crippen LogP contribution is -2.37. The summed E-state index contributed by atoms with van der Waals surface area (Å²) in [6.07, 6.45) is 0.620. The van der Waals surface area contributed by atoms with Gasteiger partial charge in [-0.3, -0.25) is 0 Å². The number of nitrogens with zero attached hydrogens (tertiary/aromatic N) is 3. The van der Waals surface area contributed by atoms with Crippen LogP contribution in [0.5, 0.6) is 0 Å². The third-order valence-electron chi connectivity index (χ3n) is 4.92. The van der Waals surface area contributed by atoms with Crippen molar-refractivity contribution in [2.24, 2.45) is 0 Å². The molecule has 3 aromatic rings. The third-order valence-corrected chi connectivity index (χ3v) is 5.96. The van der Waals surface area contributed by atoms with Gasteiger partial charge in [0.05, 0.1) is 21.5 Å². The molecule has 0 saturated carbocycles. The molecule has 0 amide bonds. The van der Waals surface area contributed by atoms with Crippen LogP contribution in [0.15, 0.2) is 36.8 Å². The Morgan fingerprint density at radius 2 is 1.97 bits per heavy atom. The first-order chi connectivity index (χ1) is 14.1. The smallest absolute Gasteiger partial charge is 0.160 e. The quantitative estimate of drug-likeness (QED) is 0.419. The fourth-order valence-electron chi connectivity index (χ4n) is 3.66. The Morgan fingerprint density at radius 1 is 1.20 bits per heavy atom. The molecule has 4 atom stereocenters. The predicted octanol–water partition coefficient (Wildman–Crippen LogP) is 4.53. The lowest BCUT2D eigenvalue weighted by molar-refractivity contribution is -0.223. The highest BCUT2D eigenvalue weighted by Crippen LogP contribution is 2.40. The summed E-state index contributed by atoms with van der Waals surface area (Å²) >= 11 is 18.3. The van der Waals surface area contributed by atoms with Gasteiger partial charge in [-0.2, -0.15) is 0 Å². The van der Waals surface area contributed by atoms with E-state index in [0.717, 1.165) is 0 Å². The number of benzene rings is 1. The maximum atomic E-state index is 11.0. The molecule has 2 N–H and O–H groups in total. The fourth-order valence-corrected chi connectivity index (χ4v) is 4.16. The van der Waals surface area contributed by atoms with Crippen molar-refractivity contribution >= 4 is 45.8 Å². The van der Waals surface area contributed by atoms with Crippen molar-refractivity contribution < 1.29 is 19.7 Å². The highest BCUT2D eigenvalue weighted by molar-refractivity contribution is 6.42. The summed E-state index contributed by atoms with van der Waals surface area (Å²) in [6, 6.07) is 6.67. The minimum absolute atomic E-state index is 0.325. The molecule has 1 aliphatic rings. The first-order valence-corrected chi connectivity index (χ1v) is 10.4. The van der Waals surface area contributed by atoms with E-state index in [0.29, 0.717) is 38.2 Å². The number of aliphatic hydroxyl groups excluding tert-OH is 1. The predicted molar refractivity (Wildman–Crippen MR) is 114 cm³/mol. The van der Waals surface area contributed by atoms with Crippen LogP contribution in [0, 0.1) is 0 Å². The number of halogens is 3. The third kappa shape index (κ3) is 4.29. The normalized spacial score (nSPS) is 23.2. The number of hydrogen-bond acceptors (Lipinski definition) is 6. The van der Waals surface area contributed by atoms with E-state index in [1.807, 2.05) is 4.57 Å². The first-order valence-electron chi connectivity index (χ1n) is 9.30. The van der Waals surface area contributed by atoms with Crippen LogP contribution >= 0.6 is 34.8 Å². The minimum Gasteiger partial charge on any atom is -0.386 e. The van der Waals surface area contributed by atoms with Crippen LogP contribution < -0.4 is 0 Å². The lowest BCUT2D eigenvalue weighted by Gasteiger charge is -2.29. The van der Waals surface area contributed by atoms with Crippen molar-refractivity contribution in [3.05, 3.63) is 57.6 Å². The Hall–Kier alpha value is -1.45. The molecule has 2 aromatic heterocycles. The van der Waals surface area contributed by atoms with Crippen LogP contribution in [0.25, 0.3) is 11.0 Å². The molecule has 1 aromatic carbocycles. The van der Waals surface area contributed by atoms with Gasteiger partial charge in [0.1, 0.15) is 35.6 Å². The molecule has 2 unspecified atom stereocenters. The topological polar surface area (TPSA) is 89.6 Å². The van der Waals surface area contributed by atoms with Gasteiger partial charge in [0.25, 0.3) is 0 Å². The maximum Gasteiger partial charge on any atom is 0.160 e. The van der Waals surface area contributed by atoms with Gasteiger partial charge in [0, 0.05) is 12.6 Å². The van der Waals surface area contributed by atoms with Crippen LogP contribution in [0.4, 0.5) is 0 Å². The van der Waals surface area contributed by atoms with E-state index in [-0.39, 0.29) is 0 Å². The van der Waals surface area contributed by atoms with Crippen molar-refractivity contribution in [1.29, 1.82) is 0 Å². The first kappa shape index (κ1) is 21.8. The molecule has 1 aliphatic heterocycles. The van der Waals surface area contributed by atoms with E-state index in [9.17, 15) is 10.2 Å². The second-order valence-corrected chi connectivity index (χ2v) is 8.81. The molecule has 30 heavy (non-hydrogen) atoms. The SMILES string of the molecule is CC(C)(O)O[C@H]1CC(n2ccc3c(Cl)ncnc32)O[C@@H]1C(O)c1ccc(Cl)c(Cl)c1. The number of rotatable bonds is 5. The van der Waals surface area contributed by atoms with Gasteiger partial charge >= 0.3 is 0 Å². The minimum atomic E-state index is -1.41. The van der Waals surface area contributed by atoms with E-state index in [2.05, 4.69) is 9.97 Å². The van der Waals surface area contributed by atoms with Crippen molar-refractivity contribution in [2.45, 2.75) is 50.6 Å². The number of aromatic nitrogens is 3. The van der Waals surface area contributed by atoms with Crippen molar-refractivity contribution in [1.82, 2.24) is 14.5 Å². The molecule has 1 saturated heterocycles. The molecule has 0 radical (unpaired) electrons. The summed E-state index contributed by atoms with van der Waals surface area (Å²) in [4.78, 5) is 8.29. The van der Waals surface area contributed by atoms with Crippen LogP contribution in [-0.4, -0.2) is 42.7 Å². The molecule has 3 heterocycles. The van der Waals surface area contributed by atoms with E-state index in [4.69, 9.17) is 44.3 Å². The van der Waals surface area contributed by atoms with Crippen molar-refractivity contribution in [2.75, 3.05) is 0 Å². The maximum absolute atomic E-state index is 11.0. The molecule has 1 fully saturated rings. The van der Waals surface area contributed by atoms with Crippen molar-refractivity contribution in [3.63, 3.8) is 0 Å². The second-order valence-electron chi connectivity index (χ2n) is 7.64. The number of ether oxygens (including phenoxy) is 2. The van der Waals surface area contributed by atoms with E-state index < -0.39 is 30.3 Å².